The van der Waals surface area contributed by atoms with Crippen LogP contribution >= 0.6 is 0 Å². The molecule has 0 unspecified atom stereocenters. The van der Waals surface area contributed by atoms with E-state index in [0.717, 1.165) is 25.2 Å². The van der Waals surface area contributed by atoms with Gasteiger partial charge in [-0.25, -0.2) is 9.67 Å². The van der Waals surface area contributed by atoms with E-state index in [1.165, 1.54) is 57.6 Å². The third kappa shape index (κ3) is 4.29. The Hall–Kier alpha value is -2.71. The molecule has 3 fully saturated rings. The van der Waals surface area contributed by atoms with Crippen LogP contribution in [0.15, 0.2) is 28.2 Å². The largest absolute Gasteiger partial charge is 0.370 e. The van der Waals surface area contributed by atoms with Crippen LogP contribution in [-0.4, -0.2) is 44.3 Å². The predicted octanol–water partition coefficient (Wildman–Crippen LogP) is 3.76. The highest BCUT2D eigenvalue weighted by molar-refractivity contribution is 5.73. The zero-order chi connectivity index (χ0) is 21.9. The van der Waals surface area contributed by atoms with Gasteiger partial charge in [0.2, 0.25) is 0 Å². The van der Waals surface area contributed by atoms with Gasteiger partial charge in [0.1, 0.15) is 23.2 Å². The number of nitrogens with one attached hydrogen (secondary N) is 2. The monoisotopic (exact) mass is 439 g/mol. The molecule has 9 nitrogen and oxygen atoms in total. The molecule has 0 spiro atoms. The molecular weight excluding hydrogens is 406 g/mol. The van der Waals surface area contributed by atoms with E-state index in [4.69, 9.17) is 4.98 Å². The normalized spacial score (nSPS) is 21.6. The fourth-order valence-corrected chi connectivity index (χ4v) is 5.52. The van der Waals surface area contributed by atoms with Gasteiger partial charge in [0.15, 0.2) is 5.65 Å². The summed E-state index contributed by atoms with van der Waals surface area (Å²) in [6.07, 6.45) is 15.3. The molecule has 1 aliphatic heterocycles. The minimum absolute atomic E-state index is 0.119. The van der Waals surface area contributed by atoms with Crippen molar-refractivity contribution in [2.45, 2.75) is 76.2 Å². The van der Waals surface area contributed by atoms with E-state index < -0.39 is 0 Å². The van der Waals surface area contributed by atoms with Gasteiger partial charge in [-0.1, -0.05) is 38.5 Å². The van der Waals surface area contributed by atoms with Gasteiger partial charge in [0, 0.05) is 19.6 Å². The Labute approximate surface area is 187 Å². The molecule has 2 aliphatic carbocycles. The van der Waals surface area contributed by atoms with Crippen molar-refractivity contribution >= 4 is 11.0 Å². The molecule has 2 N–H and O–H groups in total. The first kappa shape index (κ1) is 21.2. The second-order valence-electron chi connectivity index (χ2n) is 9.68. The lowest BCUT2D eigenvalue weighted by atomic mass is 9.89. The molecule has 2 aromatic heterocycles. The Bertz CT molecular complexity index is 1020. The number of rotatable bonds is 7. The molecule has 3 aliphatic rings. The van der Waals surface area contributed by atoms with E-state index in [0.29, 0.717) is 41.9 Å². The maximum absolute atomic E-state index is 12.7. The third-order valence-corrected chi connectivity index (χ3v) is 7.48. The van der Waals surface area contributed by atoms with Crippen LogP contribution in [0, 0.1) is 10.8 Å². The van der Waals surface area contributed by atoms with Crippen molar-refractivity contribution < 1.29 is 0 Å². The maximum Gasteiger partial charge on any atom is 0.262 e. The van der Waals surface area contributed by atoms with Crippen molar-refractivity contribution in [1.29, 1.82) is 0 Å². The van der Waals surface area contributed by atoms with Gasteiger partial charge in [0.25, 0.3) is 5.56 Å². The van der Waals surface area contributed by atoms with Crippen LogP contribution in [0.2, 0.25) is 0 Å². The Morgan fingerprint density at radius 3 is 2.56 bits per heavy atom. The van der Waals surface area contributed by atoms with E-state index in [1.807, 2.05) is 4.68 Å². The van der Waals surface area contributed by atoms with Gasteiger partial charge in [-0.05, 0) is 36.8 Å². The molecule has 9 heteroatoms. The minimum atomic E-state index is -0.119. The molecule has 0 amide bonds. The Kier molecular flexibility index (Phi) is 6.23. The summed E-state index contributed by atoms with van der Waals surface area (Å²) < 4.78 is 1.97. The number of fused-ring (bicyclic) bond motifs is 1. The number of likely N-dealkylation sites (tertiary alicyclic amines) is 1. The summed E-state index contributed by atoms with van der Waals surface area (Å²) in [6, 6.07) is 0.332. The van der Waals surface area contributed by atoms with E-state index in [9.17, 15) is 9.70 Å². The summed E-state index contributed by atoms with van der Waals surface area (Å²) >= 11 is 0. The lowest BCUT2D eigenvalue weighted by Crippen LogP contribution is -2.49. The fourth-order valence-electron chi connectivity index (χ4n) is 5.52. The molecule has 3 heterocycles. The van der Waals surface area contributed by atoms with Crippen molar-refractivity contribution in [3.05, 3.63) is 39.3 Å². The number of H-pyrrole nitrogens is 1. The van der Waals surface area contributed by atoms with Gasteiger partial charge in [-0.2, -0.15) is 5.10 Å². The quantitative estimate of drug-likeness (QED) is 0.636. The van der Waals surface area contributed by atoms with Crippen molar-refractivity contribution in [2.75, 3.05) is 19.6 Å². The minimum Gasteiger partial charge on any atom is -0.370 e. The number of aromatic amines is 1. The van der Waals surface area contributed by atoms with Gasteiger partial charge in [-0.15, -0.1) is 4.91 Å². The summed E-state index contributed by atoms with van der Waals surface area (Å²) in [5.41, 5.74) is 0.584. The molecule has 32 heavy (non-hydrogen) atoms. The Morgan fingerprint density at radius 1 is 1.12 bits per heavy atom. The summed E-state index contributed by atoms with van der Waals surface area (Å²) in [7, 11) is 0. The average Bonchev–Trinajstić information content (AvgIpc) is 3.22. The van der Waals surface area contributed by atoms with Crippen LogP contribution in [-0.2, 0) is 0 Å². The Balaban J connectivity index is 1.27. The average molecular weight is 440 g/mol. The fraction of sp³-hybridized carbons (Fsp3) is 0.696. The number of hydrogen-bond donors (Lipinski definition) is 2. The number of nitrogens with zero attached hydrogens (tertiary/aromatic N) is 5. The lowest BCUT2D eigenvalue weighted by Gasteiger charge is -2.41. The van der Waals surface area contributed by atoms with Gasteiger partial charge < -0.3 is 15.2 Å². The predicted molar refractivity (Wildman–Crippen MR) is 123 cm³/mol. The second kappa shape index (κ2) is 9.42. The number of nitroso groups, excluding NO2 is 1. The van der Waals surface area contributed by atoms with E-state index >= 15 is 0 Å². The lowest BCUT2D eigenvalue weighted by molar-refractivity contribution is 0.174. The third-order valence-electron chi connectivity index (χ3n) is 7.48. The topological polar surface area (TPSA) is 108 Å². The van der Waals surface area contributed by atoms with Crippen LogP contribution in [0.4, 0.5) is 0 Å². The highest BCUT2D eigenvalue weighted by atomic mass is 16.2. The highest BCUT2D eigenvalue weighted by Crippen LogP contribution is 2.31. The van der Waals surface area contributed by atoms with Gasteiger partial charge in [-0.3, -0.25) is 4.79 Å². The summed E-state index contributed by atoms with van der Waals surface area (Å²) in [5, 5.41) is 11.5. The standard InChI is InChI=1S/C23H33N7O2/c31-23-19-12-25-30(18-9-5-2-6-10-18)22(19)27-21(28-23)17-14-29(15-17)20(13-26-32)24-11-16-7-3-1-4-8-16/h12-13,16-18,24H,1-11,14-15H2,(H,27,28,31)/b20-13-. The molecule has 0 bridgehead atoms. The van der Waals surface area contributed by atoms with Crippen LogP contribution in [0.5, 0.6) is 0 Å². The van der Waals surface area contributed by atoms with Crippen molar-refractivity contribution in [2.24, 2.45) is 11.1 Å². The molecule has 0 aromatic carbocycles. The first-order valence-corrected chi connectivity index (χ1v) is 12.2. The van der Waals surface area contributed by atoms with Crippen LogP contribution < -0.4 is 10.9 Å². The van der Waals surface area contributed by atoms with Gasteiger partial charge >= 0.3 is 0 Å². The van der Waals surface area contributed by atoms with Crippen LogP contribution in [0.25, 0.3) is 11.0 Å². The van der Waals surface area contributed by atoms with E-state index in [1.54, 1.807) is 6.20 Å². The maximum atomic E-state index is 12.7. The van der Waals surface area contributed by atoms with Crippen molar-refractivity contribution in [3.63, 3.8) is 0 Å². The molecule has 172 valence electrons. The van der Waals surface area contributed by atoms with E-state index in [2.05, 4.69) is 25.5 Å². The molecule has 2 saturated carbocycles. The number of aromatic nitrogens is 4. The first-order chi connectivity index (χ1) is 15.7. The number of hydrogen-bond acceptors (Lipinski definition) is 7. The smallest absolute Gasteiger partial charge is 0.262 e. The SMILES string of the molecule is O=N/C=C(/NCC1CCCCC1)N1CC(c2nc3c(cnn3C3CCCCC3)c(=O)[nH]2)C1. The van der Waals surface area contributed by atoms with E-state index in [-0.39, 0.29) is 11.5 Å². The van der Waals surface area contributed by atoms with Crippen molar-refractivity contribution in [3.8, 4) is 0 Å². The molecule has 0 radical (unpaired) electrons. The highest BCUT2D eigenvalue weighted by Gasteiger charge is 2.33. The summed E-state index contributed by atoms with van der Waals surface area (Å²) in [4.78, 5) is 33.6. The molecule has 1 saturated heterocycles. The molecule has 0 atom stereocenters. The van der Waals surface area contributed by atoms with Gasteiger partial charge in [0.05, 0.1) is 18.2 Å². The van der Waals surface area contributed by atoms with Crippen LogP contribution in [0.3, 0.4) is 0 Å². The molecule has 5 rings (SSSR count). The zero-order valence-electron chi connectivity index (χ0n) is 18.6. The Morgan fingerprint density at radius 2 is 1.84 bits per heavy atom. The van der Waals surface area contributed by atoms with Crippen molar-refractivity contribution in [1.82, 2.24) is 30.0 Å². The molecular formula is C23H33N7O2. The summed E-state index contributed by atoms with van der Waals surface area (Å²) in [6.45, 7) is 2.28. The first-order valence-electron chi connectivity index (χ1n) is 12.2. The molecule has 2 aromatic rings. The summed E-state index contributed by atoms with van der Waals surface area (Å²) in [5.74, 6) is 2.27. The second-order valence-corrected chi connectivity index (χ2v) is 9.68. The zero-order valence-corrected chi connectivity index (χ0v) is 18.6. The van der Waals surface area contributed by atoms with Crippen LogP contribution in [0.1, 0.15) is 82.0 Å².